The summed E-state index contributed by atoms with van der Waals surface area (Å²) in [6, 6.07) is 8.66. The van der Waals surface area contributed by atoms with E-state index in [2.05, 4.69) is 10.3 Å². The second-order valence-electron chi connectivity index (χ2n) is 19.6. The summed E-state index contributed by atoms with van der Waals surface area (Å²) in [5.41, 5.74) is 0.353. The minimum absolute atomic E-state index is 0.00183. The smallest absolute Gasteiger partial charge is 0.305 e. The van der Waals surface area contributed by atoms with Gasteiger partial charge in [-0.2, -0.15) is 0 Å². The van der Waals surface area contributed by atoms with Gasteiger partial charge in [-0.25, -0.2) is 0 Å². The van der Waals surface area contributed by atoms with E-state index in [1.807, 2.05) is 61.4 Å². The van der Waals surface area contributed by atoms with Gasteiger partial charge in [-0.1, -0.05) is 51.1 Å². The molecule has 16 atom stereocenters. The molecule has 69 heavy (non-hydrogen) atoms. The molecule has 0 aliphatic carbocycles. The lowest BCUT2D eigenvalue weighted by molar-refractivity contribution is -0.344. The second-order valence-corrected chi connectivity index (χ2v) is 19.6. The van der Waals surface area contributed by atoms with E-state index >= 15 is 0 Å². The predicted octanol–water partition coefficient (Wildman–Crippen LogP) is 3.79. The summed E-state index contributed by atoms with van der Waals surface area (Å²) in [7, 11) is 6.84. The van der Waals surface area contributed by atoms with Crippen molar-refractivity contribution in [3.8, 4) is 0 Å². The van der Waals surface area contributed by atoms with Crippen LogP contribution < -0.4 is 5.32 Å². The Morgan fingerprint density at radius 3 is 2.36 bits per heavy atom. The van der Waals surface area contributed by atoms with E-state index in [9.17, 15) is 34.5 Å². The lowest BCUT2D eigenvalue weighted by Crippen LogP contribution is -2.66. The largest absolute Gasteiger partial charge is 0.459 e. The number of methoxy groups -OCH3 is 1. The van der Waals surface area contributed by atoms with Gasteiger partial charge in [0.1, 0.15) is 36.3 Å². The Morgan fingerprint density at radius 1 is 0.986 bits per heavy atom. The molecule has 1 aromatic carbocycles. The van der Waals surface area contributed by atoms with Crippen molar-refractivity contribution in [2.45, 2.75) is 178 Å². The highest BCUT2D eigenvalue weighted by molar-refractivity contribution is 5.87. The summed E-state index contributed by atoms with van der Waals surface area (Å²) in [6.45, 7) is 11.0. The van der Waals surface area contributed by atoms with E-state index in [4.69, 9.17) is 33.2 Å². The predicted molar refractivity (Wildman–Crippen MR) is 256 cm³/mol. The number of β-amino-alcohol motifs (C(OH)–C–C–N with tert-alkyl or cyclic N) is 1. The molecular formula is C51H78N4O14. The maximum atomic E-state index is 14.2. The number of aliphatic hydroxyl groups is 3. The molecule has 3 aliphatic rings. The number of aromatic nitrogens is 1. The van der Waals surface area contributed by atoms with Gasteiger partial charge in [0.2, 0.25) is 5.91 Å². The highest BCUT2D eigenvalue weighted by atomic mass is 16.7. The topological polar surface area (TPSA) is 225 Å². The molecule has 0 spiro atoms. The lowest BCUT2D eigenvalue weighted by atomic mass is 9.82. The van der Waals surface area contributed by atoms with Gasteiger partial charge in [0, 0.05) is 57.0 Å². The summed E-state index contributed by atoms with van der Waals surface area (Å²) < 4.78 is 43.7. The fourth-order valence-corrected chi connectivity index (χ4v) is 9.94. The normalized spacial score (nSPS) is 35.8. The Balaban J connectivity index is 1.45. The van der Waals surface area contributed by atoms with E-state index in [0.717, 1.165) is 22.8 Å². The van der Waals surface area contributed by atoms with Crippen molar-refractivity contribution in [1.29, 1.82) is 0 Å². The Kier molecular flexibility index (Phi) is 21.1. The van der Waals surface area contributed by atoms with Crippen LogP contribution in [0.15, 0.2) is 42.6 Å². The molecule has 5 rings (SSSR count). The number of aliphatic hydroxyl groups excluding tert-OH is 2. The van der Waals surface area contributed by atoms with Crippen LogP contribution in [0.2, 0.25) is 0 Å². The van der Waals surface area contributed by atoms with Crippen LogP contribution in [0.5, 0.6) is 0 Å². The summed E-state index contributed by atoms with van der Waals surface area (Å²) in [4.78, 5) is 60.5. The molecule has 4 N–H and O–H groups in total. The SMILES string of the molecule is CCC(=O)O[C@@H]1C(C)O[C@@H](O[C@@H]2C(C)O[C@@H](O[C@H]3[C@@H](CC=O)C[C@@H](C)[C@@H](O)CN(C)CCC(C/C=C/c4ccnc5ccccc45)NC(=O)C[C@@H](OC(=O)CC)[C@@H]3OC)C(O)C2N(C)C)CC1(C)O. The van der Waals surface area contributed by atoms with Crippen molar-refractivity contribution < 1.29 is 67.7 Å². The molecule has 0 saturated carbocycles. The van der Waals surface area contributed by atoms with Crippen LogP contribution in [0, 0.1) is 11.8 Å². The molecule has 2 aromatic rings. The number of amides is 1. The number of benzene rings is 1. The van der Waals surface area contributed by atoms with Crippen LogP contribution in [0.1, 0.15) is 98.5 Å². The van der Waals surface area contributed by atoms with Crippen molar-refractivity contribution in [1.82, 2.24) is 20.1 Å². The fourth-order valence-electron chi connectivity index (χ4n) is 9.94. The van der Waals surface area contributed by atoms with Gasteiger partial charge in [0.25, 0.3) is 0 Å². The first kappa shape index (κ1) is 56.0. The number of carbonyl (C=O) groups is 4. The molecule has 1 amide bonds. The standard InChI is InChI=1S/C51H78N4O14/c1-11-41(59)66-39-27-40(58)53-35(17-15-16-33-20-23-52-37-19-14-13-18-36(33)37)21-24-55(9)29-38(57)30(3)26-34(22-25-56)47(48(39)63-10)69-50-45(61)44(54(7)8)46(31(4)65-50)68-43-28-51(6,62)49(32(5)64-43)67-42(60)12-2/h13-16,18-20,23,25,30-32,34-35,38-39,43-50,57,61-62H,11-12,17,21-22,24,26-29H2,1-10H3,(H,53,58)/b16-15+/t30-,31?,32?,34+,35?,38+,39-,43+,44?,45?,46-,47+,48+,49-,50+,51?/m1/s1. The van der Waals surface area contributed by atoms with Crippen LogP contribution in [-0.2, 0) is 52.3 Å². The number of hydrogen-bond acceptors (Lipinski definition) is 17. The number of rotatable bonds is 15. The van der Waals surface area contributed by atoms with Gasteiger partial charge < -0.3 is 68.4 Å². The monoisotopic (exact) mass is 971 g/mol. The minimum Gasteiger partial charge on any atom is -0.459 e. The van der Waals surface area contributed by atoms with Gasteiger partial charge in [0.15, 0.2) is 18.7 Å². The van der Waals surface area contributed by atoms with Crippen LogP contribution >= 0.6 is 0 Å². The number of para-hydroxylation sites is 1. The van der Waals surface area contributed by atoms with Crippen molar-refractivity contribution in [3.63, 3.8) is 0 Å². The zero-order valence-electron chi connectivity index (χ0n) is 42.1. The van der Waals surface area contributed by atoms with Crippen LogP contribution in [0.3, 0.4) is 0 Å². The number of fused-ring (bicyclic) bond motifs is 1. The lowest BCUT2D eigenvalue weighted by Gasteiger charge is -2.50. The van der Waals surface area contributed by atoms with Gasteiger partial charge in [-0.3, -0.25) is 19.4 Å². The Hall–Kier alpha value is -3.95. The molecule has 6 unspecified atom stereocenters. The zero-order valence-corrected chi connectivity index (χ0v) is 42.1. The fraction of sp³-hybridized carbons (Fsp3) is 0.706. The van der Waals surface area contributed by atoms with Gasteiger partial charge >= 0.3 is 11.9 Å². The number of likely N-dealkylation sites (N-methyl/N-ethyl adjacent to an activating group) is 2. The highest BCUT2D eigenvalue weighted by Crippen LogP contribution is 2.38. The first-order valence-corrected chi connectivity index (χ1v) is 24.5. The Bertz CT molecular complexity index is 2000. The summed E-state index contributed by atoms with van der Waals surface area (Å²) >= 11 is 0. The number of carbonyl (C=O) groups excluding carboxylic acids is 4. The van der Waals surface area contributed by atoms with Gasteiger partial charge in [0.05, 0.1) is 42.4 Å². The zero-order chi connectivity index (χ0) is 50.6. The summed E-state index contributed by atoms with van der Waals surface area (Å²) in [5.74, 6) is -2.52. The number of nitrogens with zero attached hydrogens (tertiary/aromatic N) is 3. The minimum atomic E-state index is -1.50. The van der Waals surface area contributed by atoms with Crippen molar-refractivity contribution in [3.05, 3.63) is 48.2 Å². The van der Waals surface area contributed by atoms with Gasteiger partial charge in [-0.15, -0.1) is 0 Å². The van der Waals surface area contributed by atoms with Crippen LogP contribution in [0.25, 0.3) is 17.0 Å². The van der Waals surface area contributed by atoms with Crippen LogP contribution in [-0.4, -0.2) is 181 Å². The molecular weight excluding hydrogens is 893 g/mol. The summed E-state index contributed by atoms with van der Waals surface area (Å²) in [6.07, 6.45) is -3.84. The number of pyridine rings is 1. The molecule has 0 bridgehead atoms. The number of hydrogen-bond donors (Lipinski definition) is 4. The first-order valence-electron chi connectivity index (χ1n) is 24.5. The van der Waals surface area contributed by atoms with E-state index in [1.165, 1.54) is 7.11 Å². The van der Waals surface area contributed by atoms with E-state index in [1.54, 1.807) is 59.8 Å². The molecule has 3 saturated heterocycles. The average Bonchev–Trinajstić information content (AvgIpc) is 3.29. The number of aldehydes is 1. The second kappa shape index (κ2) is 26.0. The molecule has 3 aliphatic heterocycles. The van der Waals surface area contributed by atoms with Crippen molar-refractivity contribution >= 4 is 41.1 Å². The molecule has 18 nitrogen and oxygen atoms in total. The van der Waals surface area contributed by atoms with Crippen LogP contribution in [0.4, 0.5) is 0 Å². The maximum absolute atomic E-state index is 14.2. The highest BCUT2D eigenvalue weighted by Gasteiger charge is 2.53. The van der Waals surface area contributed by atoms with Gasteiger partial charge in [-0.05, 0) is 97.3 Å². The quantitative estimate of drug-likeness (QED) is 0.147. The Morgan fingerprint density at radius 2 is 1.70 bits per heavy atom. The maximum Gasteiger partial charge on any atom is 0.305 e. The molecule has 386 valence electrons. The van der Waals surface area contributed by atoms with Crippen molar-refractivity contribution in [2.24, 2.45) is 11.8 Å². The number of ether oxygens (including phenoxy) is 7. The van der Waals surface area contributed by atoms with E-state index < -0.39 is 103 Å². The third-order valence-corrected chi connectivity index (χ3v) is 13.7. The molecule has 3 fully saturated rings. The molecule has 4 heterocycles. The molecule has 0 radical (unpaired) electrons. The third-order valence-electron chi connectivity index (χ3n) is 13.7. The number of esters is 2. The number of nitrogens with one attached hydrogen (secondary N) is 1. The van der Waals surface area contributed by atoms with Crippen molar-refractivity contribution in [2.75, 3.05) is 41.3 Å². The summed E-state index contributed by atoms with van der Waals surface area (Å²) in [5, 5.41) is 39.5. The van der Waals surface area contributed by atoms with E-state index in [0.29, 0.717) is 25.9 Å². The first-order chi connectivity index (χ1) is 32.8. The van der Waals surface area contributed by atoms with E-state index in [-0.39, 0.29) is 50.5 Å². The Labute approximate surface area is 407 Å². The third kappa shape index (κ3) is 15.0. The molecule has 18 heteroatoms. The average molecular weight is 971 g/mol. The molecule has 1 aromatic heterocycles.